The third-order valence-corrected chi connectivity index (χ3v) is 8.87. The van der Waals surface area contributed by atoms with Crippen LogP contribution in [0.4, 0.5) is 10.2 Å². The average molecular weight is 619 g/mol. The van der Waals surface area contributed by atoms with Crippen LogP contribution in [0.3, 0.4) is 0 Å². The Bertz CT molecular complexity index is 1780. The monoisotopic (exact) mass is 618 g/mol. The lowest BCUT2D eigenvalue weighted by molar-refractivity contribution is -0.132. The van der Waals surface area contributed by atoms with Crippen molar-refractivity contribution in [3.63, 3.8) is 0 Å². The number of ether oxygens (including phenoxy) is 1. The van der Waals surface area contributed by atoms with Crippen LogP contribution < -0.4 is 9.64 Å². The predicted octanol–water partition coefficient (Wildman–Crippen LogP) is 4.79. The highest BCUT2D eigenvalue weighted by Crippen LogP contribution is 2.37. The first-order chi connectivity index (χ1) is 21.2. The van der Waals surface area contributed by atoms with E-state index in [-0.39, 0.29) is 35.2 Å². The maximum absolute atomic E-state index is 16.5. The van der Waals surface area contributed by atoms with Gasteiger partial charge in [-0.25, -0.2) is 9.18 Å². The van der Waals surface area contributed by atoms with E-state index in [1.165, 1.54) is 0 Å². The lowest BCUT2D eigenvalue weighted by atomic mass is 10.0. The van der Waals surface area contributed by atoms with Crippen molar-refractivity contribution in [2.75, 3.05) is 45.2 Å². The van der Waals surface area contributed by atoms with Crippen molar-refractivity contribution in [2.45, 2.75) is 31.3 Å². The fourth-order valence-electron chi connectivity index (χ4n) is 6.08. The van der Waals surface area contributed by atoms with E-state index < -0.39 is 11.8 Å². The summed E-state index contributed by atoms with van der Waals surface area (Å²) in [5, 5.41) is 11.3. The van der Waals surface area contributed by atoms with Crippen LogP contribution in [-0.4, -0.2) is 94.2 Å². The van der Waals surface area contributed by atoms with E-state index in [9.17, 15) is 9.59 Å². The summed E-state index contributed by atoms with van der Waals surface area (Å²) in [6.45, 7) is 2.13. The summed E-state index contributed by atoms with van der Waals surface area (Å²) >= 11 is 6.56. The van der Waals surface area contributed by atoms with Gasteiger partial charge < -0.3 is 24.5 Å². The van der Waals surface area contributed by atoms with E-state index in [4.69, 9.17) is 26.4 Å². The molecule has 228 valence electrons. The van der Waals surface area contributed by atoms with E-state index >= 15 is 4.39 Å². The molecule has 2 atom stereocenters. The Balaban J connectivity index is 1.40. The smallest absolute Gasteiger partial charge is 0.328 e. The number of likely N-dealkylation sites (tertiary alicyclic amines) is 2. The molecule has 0 bridgehead atoms. The molecule has 6 rings (SSSR count). The maximum Gasteiger partial charge on any atom is 0.328 e. The van der Waals surface area contributed by atoms with E-state index in [1.54, 1.807) is 23.2 Å². The number of aromatic nitrogens is 3. The van der Waals surface area contributed by atoms with Gasteiger partial charge in [0.15, 0.2) is 5.82 Å². The minimum absolute atomic E-state index is 0.0574. The first kappa shape index (κ1) is 29.7. The molecule has 0 unspecified atom stereocenters. The molecule has 2 aromatic heterocycles. The molecular formula is C32H32ClFN6O4. The lowest BCUT2D eigenvalue weighted by Gasteiger charge is -2.27. The van der Waals surface area contributed by atoms with E-state index in [1.807, 2.05) is 43.3 Å². The molecule has 4 aromatic rings. The van der Waals surface area contributed by atoms with Crippen LogP contribution in [0, 0.1) is 5.82 Å². The number of nitrogens with zero attached hydrogens (tertiary/aromatic N) is 6. The number of fused-ring (bicyclic) bond motifs is 2. The molecule has 10 nitrogen and oxygen atoms in total. The quantitative estimate of drug-likeness (QED) is 0.279. The molecule has 2 saturated heterocycles. The van der Waals surface area contributed by atoms with Crippen LogP contribution in [0.25, 0.3) is 32.9 Å². The number of hydrogen-bond acceptors (Lipinski definition) is 8. The maximum atomic E-state index is 16.5. The van der Waals surface area contributed by atoms with E-state index in [2.05, 4.69) is 14.9 Å². The lowest BCUT2D eigenvalue weighted by Crippen LogP contribution is -2.37. The van der Waals surface area contributed by atoms with Gasteiger partial charge in [-0.15, -0.1) is 0 Å². The Labute approximate surface area is 258 Å². The minimum atomic E-state index is -1.19. The Morgan fingerprint density at radius 1 is 1.16 bits per heavy atom. The average Bonchev–Trinajstić information content (AvgIpc) is 3.68. The van der Waals surface area contributed by atoms with Gasteiger partial charge in [0, 0.05) is 66.5 Å². The second-order valence-electron chi connectivity index (χ2n) is 11.3. The van der Waals surface area contributed by atoms with Gasteiger partial charge in [0.25, 0.3) is 0 Å². The molecular weight excluding hydrogens is 587 g/mol. The number of carbonyl (C=O) groups excluding carboxylic acids is 1. The van der Waals surface area contributed by atoms with Gasteiger partial charge in [0.2, 0.25) is 5.91 Å². The molecule has 1 N–H and O–H groups in total. The van der Waals surface area contributed by atoms with Gasteiger partial charge in [-0.2, -0.15) is 9.97 Å². The second kappa shape index (κ2) is 12.3. The minimum Gasteiger partial charge on any atom is -0.478 e. The normalized spacial score (nSPS) is 19.0. The Morgan fingerprint density at radius 2 is 1.95 bits per heavy atom. The molecule has 2 aromatic carbocycles. The van der Waals surface area contributed by atoms with Crippen LogP contribution in [0.1, 0.15) is 19.3 Å². The largest absolute Gasteiger partial charge is 0.478 e. The van der Waals surface area contributed by atoms with Crippen molar-refractivity contribution in [1.29, 1.82) is 0 Å². The number of anilines is 1. The number of hydrogen-bond donors (Lipinski definition) is 1. The molecule has 2 aliphatic heterocycles. The first-order valence-corrected chi connectivity index (χ1v) is 14.9. The first-order valence-electron chi connectivity index (χ1n) is 14.5. The molecule has 2 fully saturated rings. The summed E-state index contributed by atoms with van der Waals surface area (Å²) in [4.78, 5) is 42.9. The highest BCUT2D eigenvalue weighted by molar-refractivity contribution is 6.36. The second-order valence-corrected chi connectivity index (χ2v) is 11.7. The number of pyridine rings is 1. The number of likely N-dealkylation sites (N-methyl/N-ethyl adjacent to an activating group) is 2. The van der Waals surface area contributed by atoms with E-state index in [0.29, 0.717) is 53.3 Å². The van der Waals surface area contributed by atoms with Crippen molar-refractivity contribution in [1.82, 2.24) is 24.8 Å². The third kappa shape index (κ3) is 5.77. The highest BCUT2D eigenvalue weighted by atomic mass is 35.5. The number of rotatable bonds is 8. The van der Waals surface area contributed by atoms with Crippen LogP contribution in [0.5, 0.6) is 6.01 Å². The molecule has 1 amide bonds. The number of halogens is 2. The number of carboxylic acids is 1. The van der Waals surface area contributed by atoms with Gasteiger partial charge in [0.1, 0.15) is 23.6 Å². The summed E-state index contributed by atoms with van der Waals surface area (Å²) in [6.07, 6.45) is 6.13. The molecule has 12 heteroatoms. The molecule has 2 aliphatic rings. The molecule has 0 spiro atoms. The molecule has 4 heterocycles. The summed E-state index contributed by atoms with van der Waals surface area (Å²) < 4.78 is 22.6. The number of benzene rings is 2. The molecule has 0 aliphatic carbocycles. The Morgan fingerprint density at radius 3 is 2.70 bits per heavy atom. The standard InChI is InChI=1S/C32H32ClFN6O4/c1-38-14-5-8-21(38)18-44-32-36-30-23(31(37-32)39(2)20-13-15-40(17-20)25(41)11-12-26(42)43)16-35-29(28(30)34)22-9-3-6-19-7-4-10-24(33)27(19)22/h3-4,6-7,9-12,16,20-21H,5,8,13-15,17-18H2,1-2H3,(H,42,43)/b12-11+/t20-,21+/m1/s1. The van der Waals surface area contributed by atoms with Crippen molar-refractivity contribution in [3.05, 3.63) is 65.6 Å². The van der Waals surface area contributed by atoms with Crippen LogP contribution >= 0.6 is 11.6 Å². The fraction of sp³-hybridized carbons (Fsp3) is 0.344. The zero-order valence-corrected chi connectivity index (χ0v) is 25.2. The number of aliphatic carboxylic acids is 1. The van der Waals surface area contributed by atoms with Crippen molar-refractivity contribution in [3.8, 4) is 17.3 Å². The van der Waals surface area contributed by atoms with Crippen molar-refractivity contribution in [2.24, 2.45) is 0 Å². The molecule has 0 saturated carbocycles. The SMILES string of the molecule is CN1CCC[C@H]1COc1nc(N(C)[C@@H]2CCN(C(=O)/C=C/C(=O)O)C2)c2cnc(-c3cccc4cccc(Cl)c34)c(F)c2n1. The van der Waals surface area contributed by atoms with Gasteiger partial charge in [-0.05, 0) is 44.3 Å². The number of carboxylic acid groups (broad SMARTS) is 1. The molecule has 44 heavy (non-hydrogen) atoms. The zero-order valence-electron chi connectivity index (χ0n) is 24.4. The third-order valence-electron chi connectivity index (χ3n) is 8.55. The van der Waals surface area contributed by atoms with Crippen LogP contribution in [0.15, 0.2) is 54.7 Å². The van der Waals surface area contributed by atoms with Gasteiger partial charge in [-0.3, -0.25) is 9.78 Å². The summed E-state index contributed by atoms with van der Waals surface area (Å²) in [5.74, 6) is -1.75. The van der Waals surface area contributed by atoms with Crippen LogP contribution in [-0.2, 0) is 9.59 Å². The van der Waals surface area contributed by atoms with Gasteiger partial charge in [0.05, 0.1) is 5.39 Å². The fourth-order valence-corrected chi connectivity index (χ4v) is 6.36. The Hall–Kier alpha value is -4.35. The van der Waals surface area contributed by atoms with Gasteiger partial charge in [-0.1, -0.05) is 41.9 Å². The zero-order chi connectivity index (χ0) is 31.0. The predicted molar refractivity (Wildman–Crippen MR) is 167 cm³/mol. The Kier molecular flexibility index (Phi) is 8.33. The highest BCUT2D eigenvalue weighted by Gasteiger charge is 2.31. The van der Waals surface area contributed by atoms with Crippen LogP contribution in [0.2, 0.25) is 5.02 Å². The number of amides is 1. The topological polar surface area (TPSA) is 112 Å². The van der Waals surface area contributed by atoms with E-state index in [0.717, 1.165) is 36.9 Å². The summed E-state index contributed by atoms with van der Waals surface area (Å²) in [5.41, 5.74) is 0.740. The summed E-state index contributed by atoms with van der Waals surface area (Å²) in [6, 6.07) is 11.2. The summed E-state index contributed by atoms with van der Waals surface area (Å²) in [7, 11) is 3.88. The molecule has 0 radical (unpaired) electrons. The van der Waals surface area contributed by atoms with Crippen molar-refractivity contribution >= 4 is 51.0 Å². The van der Waals surface area contributed by atoms with Crippen molar-refractivity contribution < 1.29 is 23.8 Å². The number of carbonyl (C=O) groups is 2. The van der Waals surface area contributed by atoms with Gasteiger partial charge >= 0.3 is 12.0 Å².